The van der Waals surface area contributed by atoms with Gasteiger partial charge in [-0.1, -0.05) is 24.6 Å². The van der Waals surface area contributed by atoms with Crippen LogP contribution in [-0.4, -0.2) is 18.3 Å². The third-order valence-electron chi connectivity index (χ3n) is 4.40. The van der Waals surface area contributed by atoms with Gasteiger partial charge in [-0.3, -0.25) is 0 Å². The molecule has 2 aromatic rings. The first-order valence-electron chi connectivity index (χ1n) is 8.36. The minimum absolute atomic E-state index is 0.228. The first-order chi connectivity index (χ1) is 11.2. The lowest BCUT2D eigenvalue weighted by Crippen LogP contribution is -2.08. The predicted molar refractivity (Wildman–Crippen MR) is 91.4 cm³/mol. The van der Waals surface area contributed by atoms with Crippen LogP contribution in [0.5, 0.6) is 17.2 Å². The van der Waals surface area contributed by atoms with Gasteiger partial charge in [-0.2, -0.15) is 0 Å². The molecule has 1 N–H and O–H groups in total. The fraction of sp³-hybridized carbons (Fsp3) is 0.400. The second kappa shape index (κ2) is 7.51. The Morgan fingerprint density at radius 2 is 1.74 bits per heavy atom. The molecule has 2 heterocycles. The molecule has 0 aliphatic carbocycles. The molecule has 3 nitrogen and oxygen atoms in total. The van der Waals surface area contributed by atoms with Crippen LogP contribution < -0.4 is 9.47 Å². The van der Waals surface area contributed by atoms with Crippen molar-refractivity contribution in [2.75, 3.05) is 7.11 Å². The minimum Gasteiger partial charge on any atom is -0.493 e. The van der Waals surface area contributed by atoms with E-state index in [0.29, 0.717) is 0 Å². The van der Waals surface area contributed by atoms with Crippen LogP contribution in [0.25, 0.3) is 0 Å². The third kappa shape index (κ3) is 4.26. The van der Waals surface area contributed by atoms with E-state index in [1.54, 1.807) is 7.11 Å². The van der Waals surface area contributed by atoms with Gasteiger partial charge in [0.2, 0.25) is 0 Å². The van der Waals surface area contributed by atoms with Crippen molar-refractivity contribution in [1.29, 1.82) is 0 Å². The van der Waals surface area contributed by atoms with Crippen molar-refractivity contribution in [3.8, 4) is 17.2 Å². The lowest BCUT2D eigenvalue weighted by molar-refractivity contribution is 0.151. The molecule has 4 bridgehead atoms. The molecule has 2 aliphatic heterocycles. The molecule has 0 radical (unpaired) electrons. The zero-order chi connectivity index (χ0) is 16.1. The van der Waals surface area contributed by atoms with Crippen LogP contribution >= 0.6 is 0 Å². The number of ether oxygens (including phenoxy) is 2. The fourth-order valence-electron chi connectivity index (χ4n) is 2.99. The Kier molecular flexibility index (Phi) is 5.19. The first kappa shape index (κ1) is 15.9. The average Bonchev–Trinajstić information content (AvgIpc) is 2.58. The number of aliphatic hydroxyl groups is 1. The van der Waals surface area contributed by atoms with Crippen molar-refractivity contribution < 1.29 is 14.6 Å². The topological polar surface area (TPSA) is 38.7 Å². The highest BCUT2D eigenvalue weighted by molar-refractivity contribution is 5.45. The van der Waals surface area contributed by atoms with Crippen LogP contribution in [0.2, 0.25) is 0 Å². The third-order valence-corrected chi connectivity index (χ3v) is 4.40. The molecular formula is C20H24O3. The minimum atomic E-state index is -0.228. The van der Waals surface area contributed by atoms with E-state index in [4.69, 9.17) is 9.47 Å². The lowest BCUT2D eigenvalue weighted by atomic mass is 10.0. The van der Waals surface area contributed by atoms with Gasteiger partial charge in [0, 0.05) is 0 Å². The maximum atomic E-state index is 10.1. The molecule has 122 valence electrons. The van der Waals surface area contributed by atoms with Crippen LogP contribution in [0.3, 0.4) is 0 Å². The molecule has 23 heavy (non-hydrogen) atoms. The second-order valence-electron chi connectivity index (χ2n) is 6.17. The normalized spacial score (nSPS) is 18.6. The van der Waals surface area contributed by atoms with Crippen LogP contribution in [0.15, 0.2) is 42.5 Å². The summed E-state index contributed by atoms with van der Waals surface area (Å²) in [5, 5.41) is 10.1. The quantitative estimate of drug-likeness (QED) is 0.842. The number of aryl methyl sites for hydroxylation is 2. The summed E-state index contributed by atoms with van der Waals surface area (Å²) in [6.07, 6.45) is 5.50. The number of rotatable bonds is 1. The Morgan fingerprint density at radius 3 is 2.52 bits per heavy atom. The molecule has 2 aromatic carbocycles. The van der Waals surface area contributed by atoms with Crippen molar-refractivity contribution in [1.82, 2.24) is 0 Å². The van der Waals surface area contributed by atoms with E-state index in [1.807, 2.05) is 30.3 Å². The van der Waals surface area contributed by atoms with E-state index < -0.39 is 0 Å². The molecule has 0 fully saturated rings. The summed E-state index contributed by atoms with van der Waals surface area (Å²) in [4.78, 5) is 0. The summed E-state index contributed by atoms with van der Waals surface area (Å²) in [5.41, 5.74) is 2.47. The highest BCUT2D eigenvalue weighted by Crippen LogP contribution is 2.33. The van der Waals surface area contributed by atoms with Gasteiger partial charge in [0.15, 0.2) is 11.5 Å². The molecule has 0 aromatic heterocycles. The zero-order valence-electron chi connectivity index (χ0n) is 13.6. The number of hydrogen-bond acceptors (Lipinski definition) is 3. The maximum absolute atomic E-state index is 10.1. The molecule has 0 saturated heterocycles. The van der Waals surface area contributed by atoms with Crippen molar-refractivity contribution in [3.05, 3.63) is 53.6 Å². The fourth-order valence-corrected chi connectivity index (χ4v) is 2.99. The Labute approximate surface area is 137 Å². The molecule has 3 heteroatoms. The molecule has 0 unspecified atom stereocenters. The first-order valence-corrected chi connectivity index (χ1v) is 8.36. The average molecular weight is 312 g/mol. The molecule has 1 atom stereocenters. The van der Waals surface area contributed by atoms with E-state index >= 15 is 0 Å². The summed E-state index contributed by atoms with van der Waals surface area (Å²) >= 11 is 0. The highest BCUT2D eigenvalue weighted by Gasteiger charge is 2.10. The maximum Gasteiger partial charge on any atom is 0.169 e. The molecule has 0 amide bonds. The van der Waals surface area contributed by atoms with Crippen LogP contribution in [0, 0.1) is 0 Å². The van der Waals surface area contributed by atoms with Gasteiger partial charge < -0.3 is 14.6 Å². The number of benzene rings is 2. The van der Waals surface area contributed by atoms with Gasteiger partial charge in [-0.15, -0.1) is 0 Å². The van der Waals surface area contributed by atoms with Gasteiger partial charge in [0.25, 0.3) is 0 Å². The van der Waals surface area contributed by atoms with E-state index in [2.05, 4.69) is 12.1 Å². The van der Waals surface area contributed by atoms with E-state index in [-0.39, 0.29) is 6.10 Å². The Bertz CT molecular complexity index is 634. The molecule has 2 aliphatic rings. The zero-order valence-corrected chi connectivity index (χ0v) is 13.6. The summed E-state index contributed by atoms with van der Waals surface area (Å²) in [5.74, 6) is 2.27. The Morgan fingerprint density at radius 1 is 0.957 bits per heavy atom. The Hall–Kier alpha value is -2.00. The van der Waals surface area contributed by atoms with Crippen LogP contribution in [0.4, 0.5) is 0 Å². The Balaban J connectivity index is 1.90. The second-order valence-corrected chi connectivity index (χ2v) is 6.17. The number of hydrogen-bond donors (Lipinski definition) is 1. The molecule has 0 spiro atoms. The summed E-state index contributed by atoms with van der Waals surface area (Å²) < 4.78 is 11.4. The van der Waals surface area contributed by atoms with Crippen molar-refractivity contribution in [2.24, 2.45) is 0 Å². The standard InChI is InChI=1S/C20H24O3/c1-22-19-13-9-16-6-10-17(21)5-3-2-4-15-7-11-18(12-8-15)23-20(19)14-16/h7-9,11-14,17,21H,2-6,10H2,1H3/t17-/m0/s1. The van der Waals surface area contributed by atoms with E-state index in [0.717, 1.165) is 61.3 Å². The van der Waals surface area contributed by atoms with Crippen molar-refractivity contribution >= 4 is 0 Å². The predicted octanol–water partition coefficient (Wildman–Crippen LogP) is 4.51. The number of fused-ring (bicyclic) bond motifs is 8. The number of methoxy groups -OCH3 is 1. The van der Waals surface area contributed by atoms with Gasteiger partial charge in [0.1, 0.15) is 5.75 Å². The monoisotopic (exact) mass is 312 g/mol. The smallest absolute Gasteiger partial charge is 0.169 e. The summed E-state index contributed by atoms with van der Waals surface area (Å²) in [7, 11) is 1.65. The van der Waals surface area contributed by atoms with Gasteiger partial charge in [0.05, 0.1) is 13.2 Å². The van der Waals surface area contributed by atoms with E-state index in [1.165, 1.54) is 5.56 Å². The lowest BCUT2D eigenvalue weighted by Gasteiger charge is -2.13. The molecule has 4 rings (SSSR count). The van der Waals surface area contributed by atoms with E-state index in [9.17, 15) is 5.11 Å². The summed E-state index contributed by atoms with van der Waals surface area (Å²) in [6, 6.07) is 14.2. The molecular weight excluding hydrogens is 288 g/mol. The van der Waals surface area contributed by atoms with Crippen LogP contribution in [0.1, 0.15) is 36.8 Å². The van der Waals surface area contributed by atoms with Gasteiger partial charge in [-0.05, 0) is 67.5 Å². The highest BCUT2D eigenvalue weighted by atomic mass is 16.5. The van der Waals surface area contributed by atoms with Crippen molar-refractivity contribution in [2.45, 2.75) is 44.6 Å². The SMILES string of the molecule is COc1ccc2cc1Oc1ccc(cc1)CCCC[C@H](O)CC2. The molecule has 0 saturated carbocycles. The van der Waals surface area contributed by atoms with Gasteiger partial charge >= 0.3 is 0 Å². The largest absolute Gasteiger partial charge is 0.493 e. The number of aliphatic hydroxyl groups excluding tert-OH is 1. The van der Waals surface area contributed by atoms with Crippen LogP contribution in [-0.2, 0) is 12.8 Å². The summed E-state index contributed by atoms with van der Waals surface area (Å²) in [6.45, 7) is 0. The van der Waals surface area contributed by atoms with Crippen molar-refractivity contribution in [3.63, 3.8) is 0 Å². The van der Waals surface area contributed by atoms with Gasteiger partial charge in [-0.25, -0.2) is 0 Å².